The van der Waals surface area contributed by atoms with Crippen LogP contribution in [0.4, 0.5) is 0 Å². The average Bonchev–Trinajstić information content (AvgIpc) is 3.20. The molecule has 1 amide bonds. The summed E-state index contributed by atoms with van der Waals surface area (Å²) in [6.45, 7) is 8.13. The van der Waals surface area contributed by atoms with Gasteiger partial charge in [0.1, 0.15) is 6.54 Å². The number of hydrogen-bond acceptors (Lipinski definition) is 4. The number of guanidine groups is 1. The van der Waals surface area contributed by atoms with Crippen LogP contribution >= 0.6 is 0 Å². The average molecular weight is 400 g/mol. The van der Waals surface area contributed by atoms with Gasteiger partial charge in [-0.15, -0.1) is 0 Å². The van der Waals surface area contributed by atoms with Gasteiger partial charge < -0.3 is 20.5 Å². The molecule has 158 valence electrons. The number of aliphatic imine (C=N–C) groups is 1. The van der Waals surface area contributed by atoms with Crippen LogP contribution < -0.4 is 16.0 Å². The van der Waals surface area contributed by atoms with E-state index in [0.29, 0.717) is 31.5 Å². The molecule has 29 heavy (non-hydrogen) atoms. The van der Waals surface area contributed by atoms with Crippen molar-refractivity contribution in [1.29, 1.82) is 0 Å². The van der Waals surface area contributed by atoms with Gasteiger partial charge in [0.15, 0.2) is 11.7 Å². The molecule has 0 spiro atoms. The Bertz CT molecular complexity index is 754. The summed E-state index contributed by atoms with van der Waals surface area (Å²) in [7, 11) is 0. The van der Waals surface area contributed by atoms with E-state index in [2.05, 4.69) is 52.1 Å². The normalized spacial score (nSPS) is 11.5. The lowest BCUT2D eigenvalue weighted by molar-refractivity contribution is -0.119. The second kappa shape index (κ2) is 12.6. The van der Waals surface area contributed by atoms with E-state index in [1.807, 2.05) is 31.2 Å². The lowest BCUT2D eigenvalue weighted by atomic mass is 9.99. The molecule has 0 radical (unpaired) electrons. The first-order chi connectivity index (χ1) is 14.2. The summed E-state index contributed by atoms with van der Waals surface area (Å²) in [6.07, 6.45) is 2.89. The van der Waals surface area contributed by atoms with E-state index in [-0.39, 0.29) is 12.5 Å². The van der Waals surface area contributed by atoms with Crippen LogP contribution in [0, 0.1) is 0 Å². The first kappa shape index (κ1) is 22.5. The number of benzene rings is 1. The monoisotopic (exact) mass is 399 g/mol. The summed E-state index contributed by atoms with van der Waals surface area (Å²) in [5, 5.41) is 13.4. The van der Waals surface area contributed by atoms with Gasteiger partial charge in [0.2, 0.25) is 5.91 Å². The van der Waals surface area contributed by atoms with Gasteiger partial charge in [0.05, 0.1) is 12.2 Å². The molecule has 0 unspecified atom stereocenters. The molecule has 0 aliphatic carbocycles. The minimum atomic E-state index is -0.103. The van der Waals surface area contributed by atoms with E-state index in [1.54, 1.807) is 0 Å². The van der Waals surface area contributed by atoms with E-state index in [0.717, 1.165) is 30.7 Å². The second-order valence-corrected chi connectivity index (χ2v) is 6.87. The van der Waals surface area contributed by atoms with Crippen molar-refractivity contribution in [1.82, 2.24) is 21.1 Å². The fourth-order valence-electron chi connectivity index (χ4n) is 3.02. The molecule has 2 rings (SSSR count). The molecule has 1 aromatic carbocycles. The van der Waals surface area contributed by atoms with Gasteiger partial charge in [-0.3, -0.25) is 4.79 Å². The molecular weight excluding hydrogens is 366 g/mol. The van der Waals surface area contributed by atoms with Gasteiger partial charge in [0, 0.05) is 25.1 Å². The zero-order valence-electron chi connectivity index (χ0n) is 17.7. The van der Waals surface area contributed by atoms with E-state index in [1.165, 1.54) is 5.56 Å². The predicted molar refractivity (Wildman–Crippen MR) is 116 cm³/mol. The highest BCUT2D eigenvalue weighted by Crippen LogP contribution is 2.22. The van der Waals surface area contributed by atoms with Gasteiger partial charge in [-0.05, 0) is 31.7 Å². The molecule has 0 saturated heterocycles. The molecule has 0 aliphatic rings. The van der Waals surface area contributed by atoms with Crippen LogP contribution in [0.1, 0.15) is 56.5 Å². The second-order valence-electron chi connectivity index (χ2n) is 6.87. The number of aromatic nitrogens is 1. The maximum Gasteiger partial charge on any atom is 0.241 e. The Morgan fingerprint density at radius 1 is 1.10 bits per heavy atom. The standard InChI is InChI=1S/C22H33N5O2/c1-4-18(5-2)20-14-19(29-27-20)15-25-22(23-6-3)26-16-21(28)24-13-12-17-10-8-7-9-11-17/h7-11,14,18H,4-6,12-13,15-16H2,1-3H3,(H,24,28)(H2,23,25,26). The molecular formula is C22H33N5O2. The molecule has 3 N–H and O–H groups in total. The molecule has 0 aliphatic heterocycles. The van der Waals surface area contributed by atoms with E-state index < -0.39 is 0 Å². The predicted octanol–water partition coefficient (Wildman–Crippen LogP) is 2.99. The molecule has 0 bridgehead atoms. The molecule has 7 heteroatoms. The highest BCUT2D eigenvalue weighted by molar-refractivity contribution is 5.84. The Hall–Kier alpha value is -2.83. The van der Waals surface area contributed by atoms with Crippen LogP contribution in [0.3, 0.4) is 0 Å². The first-order valence-electron chi connectivity index (χ1n) is 10.4. The summed E-state index contributed by atoms with van der Waals surface area (Å²) in [4.78, 5) is 16.4. The van der Waals surface area contributed by atoms with Crippen molar-refractivity contribution in [2.75, 3.05) is 19.6 Å². The smallest absolute Gasteiger partial charge is 0.241 e. The maximum atomic E-state index is 12.1. The van der Waals surface area contributed by atoms with Crippen LogP contribution in [0.25, 0.3) is 0 Å². The minimum Gasteiger partial charge on any atom is -0.359 e. The van der Waals surface area contributed by atoms with Crippen LogP contribution in [0.15, 0.2) is 45.9 Å². The van der Waals surface area contributed by atoms with Crippen molar-refractivity contribution in [3.05, 3.63) is 53.4 Å². The summed E-state index contributed by atoms with van der Waals surface area (Å²) >= 11 is 0. The molecule has 2 aromatic rings. The number of rotatable bonds is 11. The van der Waals surface area contributed by atoms with Crippen molar-refractivity contribution in [2.24, 2.45) is 4.99 Å². The van der Waals surface area contributed by atoms with Crippen LogP contribution in [-0.4, -0.2) is 36.7 Å². The van der Waals surface area contributed by atoms with Gasteiger partial charge in [-0.25, -0.2) is 4.99 Å². The minimum absolute atomic E-state index is 0.0690. The van der Waals surface area contributed by atoms with E-state index in [4.69, 9.17) is 4.52 Å². The van der Waals surface area contributed by atoms with Crippen LogP contribution in [0.2, 0.25) is 0 Å². The third-order valence-electron chi connectivity index (χ3n) is 4.71. The molecule has 1 heterocycles. The Kier molecular flexibility index (Phi) is 9.75. The van der Waals surface area contributed by atoms with Crippen molar-refractivity contribution in [2.45, 2.75) is 52.5 Å². The van der Waals surface area contributed by atoms with Gasteiger partial charge in [-0.2, -0.15) is 0 Å². The van der Waals surface area contributed by atoms with Crippen molar-refractivity contribution < 1.29 is 9.32 Å². The Morgan fingerprint density at radius 3 is 2.55 bits per heavy atom. The number of nitrogens with one attached hydrogen (secondary N) is 3. The molecule has 0 atom stereocenters. The zero-order valence-corrected chi connectivity index (χ0v) is 17.7. The van der Waals surface area contributed by atoms with E-state index in [9.17, 15) is 4.79 Å². The van der Waals surface area contributed by atoms with Crippen molar-refractivity contribution >= 4 is 11.9 Å². The first-order valence-corrected chi connectivity index (χ1v) is 10.4. The molecule has 0 saturated carbocycles. The number of amides is 1. The van der Waals surface area contributed by atoms with Gasteiger partial charge >= 0.3 is 0 Å². The zero-order chi connectivity index (χ0) is 20.9. The summed E-state index contributed by atoms with van der Waals surface area (Å²) in [5.74, 6) is 1.65. The van der Waals surface area contributed by atoms with Crippen LogP contribution in [0.5, 0.6) is 0 Å². The Labute approximate surface area is 173 Å². The van der Waals surface area contributed by atoms with Gasteiger partial charge in [0.25, 0.3) is 0 Å². The SMILES string of the molecule is CCNC(=NCC(=O)NCCc1ccccc1)NCc1cc(C(CC)CC)no1. The summed E-state index contributed by atoms with van der Waals surface area (Å²) < 4.78 is 5.42. The third-order valence-corrected chi connectivity index (χ3v) is 4.71. The summed E-state index contributed by atoms with van der Waals surface area (Å²) in [6, 6.07) is 12.1. The number of hydrogen-bond donors (Lipinski definition) is 3. The molecule has 1 aromatic heterocycles. The lowest BCUT2D eigenvalue weighted by Crippen LogP contribution is -2.38. The number of nitrogens with zero attached hydrogens (tertiary/aromatic N) is 2. The van der Waals surface area contributed by atoms with E-state index >= 15 is 0 Å². The van der Waals surface area contributed by atoms with Crippen LogP contribution in [-0.2, 0) is 17.8 Å². The highest BCUT2D eigenvalue weighted by Gasteiger charge is 2.13. The van der Waals surface area contributed by atoms with Gasteiger partial charge in [-0.1, -0.05) is 49.3 Å². The van der Waals surface area contributed by atoms with Crippen molar-refractivity contribution in [3.63, 3.8) is 0 Å². The van der Waals surface area contributed by atoms with Crippen molar-refractivity contribution in [3.8, 4) is 0 Å². The maximum absolute atomic E-state index is 12.1. The number of carbonyl (C=O) groups excluding carboxylic acids is 1. The highest BCUT2D eigenvalue weighted by atomic mass is 16.5. The molecule has 7 nitrogen and oxygen atoms in total. The Morgan fingerprint density at radius 2 is 1.86 bits per heavy atom. The topological polar surface area (TPSA) is 91.5 Å². The number of carbonyl (C=O) groups is 1. The largest absolute Gasteiger partial charge is 0.359 e. The fourth-order valence-corrected chi connectivity index (χ4v) is 3.02. The Balaban J connectivity index is 1.78. The third kappa shape index (κ3) is 7.97. The fraction of sp³-hybridized carbons (Fsp3) is 0.500. The molecule has 0 fully saturated rings. The summed E-state index contributed by atoms with van der Waals surface area (Å²) in [5.41, 5.74) is 2.19. The quantitative estimate of drug-likeness (QED) is 0.399. The lowest BCUT2D eigenvalue weighted by Gasteiger charge is -2.10.